The maximum Gasteiger partial charge on any atom is -0.0198 e. The lowest BCUT2D eigenvalue weighted by molar-refractivity contribution is 0.401. The average molecular weight is 204 g/mol. The Morgan fingerprint density at radius 2 is 2.20 bits per heavy atom. The highest BCUT2D eigenvalue weighted by molar-refractivity contribution is 5.19. The molecule has 2 unspecified atom stereocenters. The molecule has 0 heteroatoms. The first-order valence-corrected chi connectivity index (χ1v) is 6.12. The third kappa shape index (κ3) is 4.51. The summed E-state index contributed by atoms with van der Waals surface area (Å²) in [5.74, 6) is 2.20. The Balaban J connectivity index is 2.37. The van der Waals surface area contributed by atoms with Crippen LogP contribution in [-0.4, -0.2) is 0 Å². The molecule has 0 aromatic heterocycles. The van der Waals surface area contributed by atoms with E-state index in [4.69, 9.17) is 0 Å². The summed E-state index contributed by atoms with van der Waals surface area (Å²) in [6.07, 6.45) is 12.9. The van der Waals surface area contributed by atoms with Crippen molar-refractivity contribution in [3.63, 3.8) is 0 Å². The van der Waals surface area contributed by atoms with Crippen LogP contribution < -0.4 is 0 Å². The standard InChI is InChI=1S/C15H24/c1-12(2)6-5-7-14(4)15-10-8-13(3)9-11-15/h5-6,8,10,12,14-15H,3,7,9,11H2,1-2,4H3. The molecule has 0 fully saturated rings. The third-order valence-corrected chi connectivity index (χ3v) is 3.14. The fourth-order valence-corrected chi connectivity index (χ4v) is 2.01. The van der Waals surface area contributed by atoms with Crippen LogP contribution in [0.5, 0.6) is 0 Å². The van der Waals surface area contributed by atoms with E-state index in [1.165, 1.54) is 24.8 Å². The Labute approximate surface area is 94.8 Å². The van der Waals surface area contributed by atoms with Gasteiger partial charge in [0.05, 0.1) is 0 Å². The Kier molecular flexibility index (Phi) is 4.87. The molecule has 0 saturated heterocycles. The Hall–Kier alpha value is -0.780. The summed E-state index contributed by atoms with van der Waals surface area (Å²) in [4.78, 5) is 0. The largest absolute Gasteiger partial charge is 0.0958 e. The molecule has 15 heavy (non-hydrogen) atoms. The molecule has 0 aliphatic heterocycles. The quantitative estimate of drug-likeness (QED) is 0.580. The lowest BCUT2D eigenvalue weighted by atomic mass is 9.82. The van der Waals surface area contributed by atoms with E-state index in [9.17, 15) is 0 Å². The molecular weight excluding hydrogens is 180 g/mol. The van der Waals surface area contributed by atoms with Gasteiger partial charge in [-0.2, -0.15) is 0 Å². The van der Waals surface area contributed by atoms with Crippen LogP contribution in [0, 0.1) is 17.8 Å². The van der Waals surface area contributed by atoms with Gasteiger partial charge in [-0.15, -0.1) is 0 Å². The highest BCUT2D eigenvalue weighted by Gasteiger charge is 2.16. The first-order chi connectivity index (χ1) is 7.09. The van der Waals surface area contributed by atoms with Crippen LogP contribution in [0.3, 0.4) is 0 Å². The Bertz CT molecular complexity index is 255. The van der Waals surface area contributed by atoms with Gasteiger partial charge in [-0.05, 0) is 37.0 Å². The molecule has 0 nitrogen and oxygen atoms in total. The van der Waals surface area contributed by atoms with Gasteiger partial charge >= 0.3 is 0 Å². The smallest absolute Gasteiger partial charge is 0.0198 e. The minimum atomic E-state index is 0.680. The minimum absolute atomic E-state index is 0.680. The van der Waals surface area contributed by atoms with E-state index in [-0.39, 0.29) is 0 Å². The predicted molar refractivity (Wildman–Crippen MR) is 68.8 cm³/mol. The zero-order valence-corrected chi connectivity index (χ0v) is 10.4. The zero-order valence-electron chi connectivity index (χ0n) is 10.4. The van der Waals surface area contributed by atoms with Crippen LogP contribution in [0.1, 0.15) is 40.0 Å². The molecule has 84 valence electrons. The third-order valence-electron chi connectivity index (χ3n) is 3.14. The van der Waals surface area contributed by atoms with Crippen LogP contribution in [-0.2, 0) is 0 Å². The maximum absolute atomic E-state index is 3.99. The van der Waals surface area contributed by atoms with Crippen molar-refractivity contribution in [2.45, 2.75) is 40.0 Å². The Morgan fingerprint density at radius 3 is 2.73 bits per heavy atom. The van der Waals surface area contributed by atoms with Crippen molar-refractivity contribution < 1.29 is 0 Å². The van der Waals surface area contributed by atoms with Gasteiger partial charge in [0.2, 0.25) is 0 Å². The van der Waals surface area contributed by atoms with Gasteiger partial charge in [0.25, 0.3) is 0 Å². The fraction of sp³-hybridized carbons (Fsp3) is 0.600. The Morgan fingerprint density at radius 1 is 1.47 bits per heavy atom. The van der Waals surface area contributed by atoms with E-state index in [0.717, 1.165) is 11.8 Å². The second-order valence-corrected chi connectivity index (χ2v) is 5.11. The molecule has 0 aromatic carbocycles. The second-order valence-electron chi connectivity index (χ2n) is 5.11. The van der Waals surface area contributed by atoms with Gasteiger partial charge in [0, 0.05) is 0 Å². The summed E-state index contributed by atoms with van der Waals surface area (Å²) in [5, 5.41) is 0. The van der Waals surface area contributed by atoms with Gasteiger partial charge in [-0.3, -0.25) is 0 Å². The van der Waals surface area contributed by atoms with Crippen LogP contribution in [0.15, 0.2) is 36.5 Å². The molecule has 0 aromatic rings. The molecule has 0 radical (unpaired) electrons. The molecule has 2 atom stereocenters. The van der Waals surface area contributed by atoms with E-state index in [2.05, 4.69) is 51.7 Å². The van der Waals surface area contributed by atoms with E-state index in [1.54, 1.807) is 0 Å². The highest BCUT2D eigenvalue weighted by atomic mass is 14.2. The summed E-state index contributed by atoms with van der Waals surface area (Å²) >= 11 is 0. The van der Waals surface area contributed by atoms with E-state index < -0.39 is 0 Å². The molecule has 0 spiro atoms. The topological polar surface area (TPSA) is 0 Å². The average Bonchev–Trinajstić information content (AvgIpc) is 2.18. The summed E-state index contributed by atoms with van der Waals surface area (Å²) in [7, 11) is 0. The molecular formula is C15H24. The number of hydrogen-bond acceptors (Lipinski definition) is 0. The minimum Gasteiger partial charge on any atom is -0.0958 e. The predicted octanol–water partition coefficient (Wildman–Crippen LogP) is 4.75. The van der Waals surface area contributed by atoms with Crippen molar-refractivity contribution in [2.75, 3.05) is 0 Å². The fourth-order valence-electron chi connectivity index (χ4n) is 2.01. The van der Waals surface area contributed by atoms with E-state index >= 15 is 0 Å². The van der Waals surface area contributed by atoms with Gasteiger partial charge in [0.1, 0.15) is 0 Å². The van der Waals surface area contributed by atoms with Gasteiger partial charge in [-0.1, -0.05) is 57.2 Å². The van der Waals surface area contributed by atoms with Crippen molar-refractivity contribution in [3.8, 4) is 0 Å². The van der Waals surface area contributed by atoms with Gasteiger partial charge < -0.3 is 0 Å². The summed E-state index contributed by atoms with van der Waals surface area (Å²) < 4.78 is 0. The SMILES string of the molecule is C=C1C=CC(C(C)CC=CC(C)C)CC1. The van der Waals surface area contributed by atoms with Crippen LogP contribution in [0.4, 0.5) is 0 Å². The van der Waals surface area contributed by atoms with Crippen molar-refractivity contribution in [2.24, 2.45) is 17.8 Å². The molecule has 1 rings (SSSR count). The van der Waals surface area contributed by atoms with E-state index in [0.29, 0.717) is 5.92 Å². The lowest BCUT2D eigenvalue weighted by Crippen LogP contribution is -2.11. The number of hydrogen-bond donors (Lipinski definition) is 0. The van der Waals surface area contributed by atoms with Crippen LogP contribution in [0.25, 0.3) is 0 Å². The molecule has 0 amide bonds. The van der Waals surface area contributed by atoms with Gasteiger partial charge in [-0.25, -0.2) is 0 Å². The summed E-state index contributed by atoms with van der Waals surface area (Å²) in [6.45, 7) is 10.8. The molecule has 1 aliphatic rings. The summed E-state index contributed by atoms with van der Waals surface area (Å²) in [6, 6.07) is 0. The maximum atomic E-state index is 3.99. The zero-order chi connectivity index (χ0) is 11.3. The lowest BCUT2D eigenvalue weighted by Gasteiger charge is -2.23. The van der Waals surface area contributed by atoms with Crippen molar-refractivity contribution in [1.82, 2.24) is 0 Å². The number of rotatable bonds is 4. The molecule has 0 heterocycles. The van der Waals surface area contributed by atoms with E-state index in [1.807, 2.05) is 0 Å². The van der Waals surface area contributed by atoms with Crippen LogP contribution >= 0.6 is 0 Å². The normalized spacial score (nSPS) is 24.0. The molecule has 1 aliphatic carbocycles. The highest BCUT2D eigenvalue weighted by Crippen LogP contribution is 2.28. The first-order valence-electron chi connectivity index (χ1n) is 6.12. The second kappa shape index (κ2) is 5.95. The van der Waals surface area contributed by atoms with Gasteiger partial charge in [0.15, 0.2) is 0 Å². The molecule has 0 N–H and O–H groups in total. The summed E-state index contributed by atoms with van der Waals surface area (Å²) in [5.41, 5.74) is 1.29. The number of allylic oxidation sites excluding steroid dienone is 5. The molecule has 0 bridgehead atoms. The van der Waals surface area contributed by atoms with Crippen molar-refractivity contribution in [1.29, 1.82) is 0 Å². The van der Waals surface area contributed by atoms with Crippen LogP contribution in [0.2, 0.25) is 0 Å². The van der Waals surface area contributed by atoms with Crippen molar-refractivity contribution in [3.05, 3.63) is 36.5 Å². The molecule has 0 saturated carbocycles. The van der Waals surface area contributed by atoms with Crippen molar-refractivity contribution >= 4 is 0 Å². The monoisotopic (exact) mass is 204 g/mol. The first kappa shape index (κ1) is 12.3.